The zero-order valence-corrected chi connectivity index (χ0v) is 17.7. The third kappa shape index (κ3) is 6.34. The van der Waals surface area contributed by atoms with Crippen LogP contribution in [0.3, 0.4) is 0 Å². The molecule has 0 aliphatic heterocycles. The molecule has 0 unspecified atom stereocenters. The normalized spacial score (nSPS) is 10.3. The first kappa shape index (κ1) is 20.9. The SMILES string of the molecule is O=C(COc1ccc(Cl)cc1Br)NCc1cccc(C(=O)Nc2ccccc2)c1. The van der Waals surface area contributed by atoms with Crippen molar-refractivity contribution in [2.45, 2.75) is 6.54 Å². The molecule has 0 aliphatic rings. The van der Waals surface area contributed by atoms with Crippen molar-refractivity contribution in [2.24, 2.45) is 0 Å². The maximum absolute atomic E-state index is 12.4. The molecule has 0 spiro atoms. The van der Waals surface area contributed by atoms with Crippen LogP contribution in [0.4, 0.5) is 5.69 Å². The Morgan fingerprint density at radius 1 is 0.966 bits per heavy atom. The summed E-state index contributed by atoms with van der Waals surface area (Å²) >= 11 is 9.22. The Kier molecular flexibility index (Phi) is 7.27. The summed E-state index contributed by atoms with van der Waals surface area (Å²) in [5.74, 6) is 0.0513. The van der Waals surface area contributed by atoms with Crippen molar-refractivity contribution in [1.29, 1.82) is 0 Å². The highest BCUT2D eigenvalue weighted by Crippen LogP contribution is 2.27. The average molecular weight is 474 g/mol. The van der Waals surface area contributed by atoms with Gasteiger partial charge in [-0.05, 0) is 64.0 Å². The molecule has 2 amide bonds. The van der Waals surface area contributed by atoms with Gasteiger partial charge in [0.15, 0.2) is 6.61 Å². The van der Waals surface area contributed by atoms with Crippen LogP contribution in [0.25, 0.3) is 0 Å². The number of para-hydroxylation sites is 1. The molecule has 0 aliphatic carbocycles. The van der Waals surface area contributed by atoms with E-state index < -0.39 is 0 Å². The van der Waals surface area contributed by atoms with Crippen molar-refractivity contribution in [1.82, 2.24) is 5.32 Å². The fourth-order valence-corrected chi connectivity index (χ4v) is 3.33. The lowest BCUT2D eigenvalue weighted by Gasteiger charge is -2.10. The van der Waals surface area contributed by atoms with E-state index >= 15 is 0 Å². The predicted octanol–water partition coefficient (Wildman–Crippen LogP) is 5.05. The molecule has 0 aromatic heterocycles. The van der Waals surface area contributed by atoms with Gasteiger partial charge in [-0.2, -0.15) is 0 Å². The third-order valence-corrected chi connectivity index (χ3v) is 4.82. The second kappa shape index (κ2) is 10.1. The lowest BCUT2D eigenvalue weighted by atomic mass is 10.1. The largest absolute Gasteiger partial charge is 0.483 e. The number of hydrogen-bond acceptors (Lipinski definition) is 3. The Morgan fingerprint density at radius 2 is 1.76 bits per heavy atom. The summed E-state index contributed by atoms with van der Waals surface area (Å²) in [7, 11) is 0. The van der Waals surface area contributed by atoms with E-state index in [1.54, 1.807) is 36.4 Å². The molecule has 2 N–H and O–H groups in total. The zero-order valence-electron chi connectivity index (χ0n) is 15.3. The second-order valence-electron chi connectivity index (χ2n) is 6.16. The topological polar surface area (TPSA) is 67.4 Å². The third-order valence-electron chi connectivity index (χ3n) is 3.96. The monoisotopic (exact) mass is 472 g/mol. The molecule has 7 heteroatoms. The van der Waals surface area contributed by atoms with Gasteiger partial charge in [-0.25, -0.2) is 0 Å². The van der Waals surface area contributed by atoms with Gasteiger partial charge in [-0.1, -0.05) is 41.9 Å². The smallest absolute Gasteiger partial charge is 0.258 e. The maximum Gasteiger partial charge on any atom is 0.258 e. The minimum Gasteiger partial charge on any atom is -0.483 e. The van der Waals surface area contributed by atoms with Gasteiger partial charge in [0, 0.05) is 22.8 Å². The van der Waals surface area contributed by atoms with Crippen LogP contribution < -0.4 is 15.4 Å². The van der Waals surface area contributed by atoms with E-state index in [9.17, 15) is 9.59 Å². The molecule has 3 aromatic carbocycles. The molecule has 29 heavy (non-hydrogen) atoms. The quantitative estimate of drug-likeness (QED) is 0.505. The van der Waals surface area contributed by atoms with Crippen molar-refractivity contribution in [3.63, 3.8) is 0 Å². The number of anilines is 1. The minimum atomic E-state index is -0.272. The number of carbonyl (C=O) groups excluding carboxylic acids is 2. The number of nitrogens with one attached hydrogen (secondary N) is 2. The van der Waals surface area contributed by atoms with E-state index in [4.69, 9.17) is 16.3 Å². The molecule has 5 nitrogen and oxygen atoms in total. The van der Waals surface area contributed by atoms with Crippen LogP contribution in [-0.4, -0.2) is 18.4 Å². The number of rotatable bonds is 7. The van der Waals surface area contributed by atoms with E-state index in [0.29, 0.717) is 20.8 Å². The van der Waals surface area contributed by atoms with Gasteiger partial charge in [0.05, 0.1) is 4.47 Å². The number of benzene rings is 3. The molecule has 3 aromatic rings. The molecule has 0 fully saturated rings. The number of halogens is 2. The van der Waals surface area contributed by atoms with Crippen molar-refractivity contribution in [2.75, 3.05) is 11.9 Å². The molecule has 0 heterocycles. The molecule has 148 valence electrons. The van der Waals surface area contributed by atoms with E-state index in [2.05, 4.69) is 26.6 Å². The van der Waals surface area contributed by atoms with Gasteiger partial charge < -0.3 is 15.4 Å². The molecule has 0 bridgehead atoms. The van der Waals surface area contributed by atoms with Crippen LogP contribution in [0.2, 0.25) is 5.02 Å². The summed E-state index contributed by atoms with van der Waals surface area (Å²) in [5.41, 5.74) is 2.05. The highest BCUT2D eigenvalue weighted by molar-refractivity contribution is 9.10. The van der Waals surface area contributed by atoms with E-state index in [-0.39, 0.29) is 25.0 Å². The van der Waals surface area contributed by atoms with Crippen LogP contribution in [0.1, 0.15) is 15.9 Å². The summed E-state index contributed by atoms with van der Waals surface area (Å²) in [6.07, 6.45) is 0. The van der Waals surface area contributed by atoms with Crippen molar-refractivity contribution in [3.8, 4) is 5.75 Å². The van der Waals surface area contributed by atoms with Crippen molar-refractivity contribution in [3.05, 3.63) is 93.4 Å². The van der Waals surface area contributed by atoms with Crippen molar-refractivity contribution < 1.29 is 14.3 Å². The number of ether oxygens (including phenoxy) is 1. The second-order valence-corrected chi connectivity index (χ2v) is 7.45. The minimum absolute atomic E-state index is 0.131. The predicted molar refractivity (Wildman–Crippen MR) is 117 cm³/mol. The first-order valence-corrected chi connectivity index (χ1v) is 9.98. The maximum atomic E-state index is 12.4. The van der Waals surface area contributed by atoms with Gasteiger partial charge in [-0.15, -0.1) is 0 Å². The van der Waals surface area contributed by atoms with Crippen LogP contribution in [-0.2, 0) is 11.3 Å². The fraction of sp³-hybridized carbons (Fsp3) is 0.0909. The highest BCUT2D eigenvalue weighted by Gasteiger charge is 2.09. The Hall–Kier alpha value is -2.83. The highest BCUT2D eigenvalue weighted by atomic mass is 79.9. The fourth-order valence-electron chi connectivity index (χ4n) is 2.53. The van der Waals surface area contributed by atoms with E-state index in [1.165, 1.54) is 0 Å². The molecule has 0 saturated carbocycles. The van der Waals surface area contributed by atoms with Gasteiger partial charge in [0.1, 0.15) is 5.75 Å². The molecular formula is C22H18BrClN2O3. The molecule has 3 rings (SSSR count). The zero-order chi connectivity index (χ0) is 20.6. The van der Waals surface area contributed by atoms with Crippen LogP contribution in [0.5, 0.6) is 5.75 Å². The standard InChI is InChI=1S/C22H18BrClN2O3/c23-19-12-17(24)9-10-20(19)29-14-21(27)25-13-15-5-4-6-16(11-15)22(28)26-18-7-2-1-3-8-18/h1-12H,13-14H2,(H,25,27)(H,26,28). The Balaban J connectivity index is 1.52. The summed E-state index contributed by atoms with van der Waals surface area (Å²) in [6, 6.07) is 21.4. The Morgan fingerprint density at radius 3 is 2.52 bits per heavy atom. The molecule has 0 atom stereocenters. The number of carbonyl (C=O) groups is 2. The van der Waals surface area contributed by atoms with E-state index in [1.807, 2.05) is 36.4 Å². The molecular weight excluding hydrogens is 456 g/mol. The van der Waals surface area contributed by atoms with Gasteiger partial charge >= 0.3 is 0 Å². The summed E-state index contributed by atoms with van der Waals surface area (Å²) in [6.45, 7) is 0.158. The van der Waals surface area contributed by atoms with Crippen LogP contribution in [0.15, 0.2) is 77.3 Å². The first-order chi connectivity index (χ1) is 14.0. The number of hydrogen-bond donors (Lipinski definition) is 2. The summed E-state index contributed by atoms with van der Waals surface area (Å²) in [5, 5.41) is 6.19. The van der Waals surface area contributed by atoms with Crippen molar-refractivity contribution >= 4 is 45.0 Å². The van der Waals surface area contributed by atoms with E-state index in [0.717, 1.165) is 11.3 Å². The summed E-state index contributed by atoms with van der Waals surface area (Å²) < 4.78 is 6.16. The summed E-state index contributed by atoms with van der Waals surface area (Å²) in [4.78, 5) is 24.5. The first-order valence-electron chi connectivity index (χ1n) is 8.81. The Bertz CT molecular complexity index is 1010. The van der Waals surface area contributed by atoms with Crippen LogP contribution in [0, 0.1) is 0 Å². The molecule has 0 radical (unpaired) electrons. The number of amides is 2. The Labute approximate surface area is 182 Å². The van der Waals surface area contributed by atoms with Gasteiger partial charge in [0.2, 0.25) is 0 Å². The molecule has 0 saturated heterocycles. The van der Waals surface area contributed by atoms with Gasteiger partial charge in [-0.3, -0.25) is 9.59 Å². The average Bonchev–Trinajstić information content (AvgIpc) is 2.72. The lowest BCUT2D eigenvalue weighted by Crippen LogP contribution is -2.28. The van der Waals surface area contributed by atoms with Gasteiger partial charge in [0.25, 0.3) is 11.8 Å². The van der Waals surface area contributed by atoms with Crippen LogP contribution >= 0.6 is 27.5 Å². The lowest BCUT2D eigenvalue weighted by molar-refractivity contribution is -0.123.